The number of nitrogens with zero attached hydrogens (tertiary/aromatic N) is 2. The lowest BCUT2D eigenvalue weighted by atomic mass is 10.1. The summed E-state index contributed by atoms with van der Waals surface area (Å²) < 4.78 is 10.4. The number of carbonyl (C=O) groups excluding carboxylic acids is 2. The summed E-state index contributed by atoms with van der Waals surface area (Å²) in [5.74, 6) is 2.49. The average molecular weight is 549 g/mol. The molecule has 6 nitrogen and oxygen atoms in total. The van der Waals surface area contributed by atoms with Crippen LogP contribution < -0.4 is 9.47 Å². The van der Waals surface area contributed by atoms with Crippen LogP contribution in [0.25, 0.3) is 12.2 Å². The van der Waals surface area contributed by atoms with Crippen LogP contribution in [-0.2, 0) is 9.59 Å². The molecule has 0 unspecified atom stereocenters. The van der Waals surface area contributed by atoms with Gasteiger partial charge >= 0.3 is 0 Å². The van der Waals surface area contributed by atoms with E-state index >= 15 is 0 Å². The number of rotatable bonds is 17. The first-order valence-electron chi connectivity index (χ1n) is 14.4. The minimum Gasteiger partial charge on any atom is -0.497 e. The van der Waals surface area contributed by atoms with Crippen LogP contribution >= 0.6 is 0 Å². The molecule has 40 heavy (non-hydrogen) atoms. The zero-order valence-corrected chi connectivity index (χ0v) is 25.3. The van der Waals surface area contributed by atoms with Gasteiger partial charge in [0.05, 0.1) is 14.2 Å². The zero-order chi connectivity index (χ0) is 29.3. The molecule has 0 bridgehead atoms. The molecule has 218 valence electrons. The molecule has 0 heterocycles. The van der Waals surface area contributed by atoms with Gasteiger partial charge in [0.1, 0.15) is 11.5 Å². The molecule has 2 aromatic rings. The van der Waals surface area contributed by atoms with Gasteiger partial charge < -0.3 is 19.3 Å². The molecular weight excluding hydrogens is 500 g/mol. The molecule has 0 saturated carbocycles. The van der Waals surface area contributed by atoms with Crippen LogP contribution in [0.15, 0.2) is 60.7 Å². The Labute approximate surface area is 241 Å². The molecule has 0 radical (unpaired) electrons. The second kappa shape index (κ2) is 17.9. The lowest BCUT2D eigenvalue weighted by molar-refractivity contribution is -0.127. The van der Waals surface area contributed by atoms with Crippen molar-refractivity contribution in [1.29, 1.82) is 0 Å². The van der Waals surface area contributed by atoms with Gasteiger partial charge in [-0.3, -0.25) is 9.59 Å². The van der Waals surface area contributed by atoms with Crippen molar-refractivity contribution in [1.82, 2.24) is 9.80 Å². The molecule has 0 atom stereocenters. The standard InChI is InChI=1S/C34H48N2O4/c1-27(2)25-35(33(37)21-15-29-11-17-31(39-5)18-12-29)23-9-7-8-10-24-36(26-28(3)4)34(38)22-16-30-13-19-32(40-6)20-14-30/h11-22,27-28H,7-10,23-26H2,1-6H3/b21-15+,22-16+. The fourth-order valence-electron chi connectivity index (χ4n) is 4.40. The highest BCUT2D eigenvalue weighted by atomic mass is 16.5. The van der Waals surface area contributed by atoms with Crippen LogP contribution in [0.4, 0.5) is 0 Å². The first kappa shape index (κ1) is 32.7. The van der Waals surface area contributed by atoms with Crippen molar-refractivity contribution in [3.05, 3.63) is 71.8 Å². The van der Waals surface area contributed by atoms with Gasteiger partial charge in [-0.25, -0.2) is 0 Å². The van der Waals surface area contributed by atoms with E-state index in [-0.39, 0.29) is 11.8 Å². The van der Waals surface area contributed by atoms with Gasteiger partial charge in [0.25, 0.3) is 0 Å². The predicted octanol–water partition coefficient (Wildman–Crippen LogP) is 6.96. The van der Waals surface area contributed by atoms with E-state index in [9.17, 15) is 9.59 Å². The number of hydrogen-bond donors (Lipinski definition) is 0. The lowest BCUT2D eigenvalue weighted by Gasteiger charge is -2.24. The minimum atomic E-state index is 0.0434. The highest BCUT2D eigenvalue weighted by Crippen LogP contribution is 2.15. The quantitative estimate of drug-likeness (QED) is 0.158. The van der Waals surface area contributed by atoms with E-state index in [1.165, 1.54) is 0 Å². The third-order valence-corrected chi connectivity index (χ3v) is 6.47. The summed E-state index contributed by atoms with van der Waals surface area (Å²) >= 11 is 0. The SMILES string of the molecule is COc1ccc(/C=C/C(=O)N(CCCCCCN(CC(C)C)C(=O)/C=C/c2ccc(OC)cc2)CC(C)C)cc1. The Morgan fingerprint density at radius 1 is 0.625 bits per heavy atom. The van der Waals surface area contributed by atoms with Gasteiger partial charge in [-0.2, -0.15) is 0 Å². The molecule has 0 aliphatic carbocycles. The summed E-state index contributed by atoms with van der Waals surface area (Å²) in [7, 11) is 3.28. The largest absolute Gasteiger partial charge is 0.497 e. The van der Waals surface area contributed by atoms with Crippen molar-refractivity contribution in [3.8, 4) is 11.5 Å². The summed E-state index contributed by atoms with van der Waals surface area (Å²) in [6, 6.07) is 15.3. The van der Waals surface area contributed by atoms with E-state index in [1.54, 1.807) is 26.4 Å². The number of methoxy groups -OCH3 is 2. The summed E-state index contributed by atoms with van der Waals surface area (Å²) in [6.07, 6.45) is 11.0. The predicted molar refractivity (Wildman–Crippen MR) is 165 cm³/mol. The fourth-order valence-corrected chi connectivity index (χ4v) is 4.40. The Hall–Kier alpha value is -3.54. The van der Waals surface area contributed by atoms with Gasteiger partial charge in [-0.15, -0.1) is 0 Å². The normalized spacial score (nSPS) is 11.5. The van der Waals surface area contributed by atoms with E-state index in [0.29, 0.717) is 11.8 Å². The van der Waals surface area contributed by atoms with Gasteiger partial charge in [0, 0.05) is 38.3 Å². The van der Waals surface area contributed by atoms with Crippen molar-refractivity contribution in [2.75, 3.05) is 40.4 Å². The number of ether oxygens (including phenoxy) is 2. The van der Waals surface area contributed by atoms with E-state index in [2.05, 4.69) is 27.7 Å². The molecule has 0 aromatic heterocycles. The van der Waals surface area contributed by atoms with Crippen LogP contribution in [0.1, 0.15) is 64.5 Å². The topological polar surface area (TPSA) is 59.1 Å². The number of hydrogen-bond acceptors (Lipinski definition) is 4. The Balaban J connectivity index is 1.82. The van der Waals surface area contributed by atoms with Crippen LogP contribution in [0, 0.1) is 11.8 Å². The highest BCUT2D eigenvalue weighted by molar-refractivity contribution is 5.92. The fraction of sp³-hybridized carbons (Fsp3) is 0.471. The molecule has 6 heteroatoms. The molecule has 0 spiro atoms. The summed E-state index contributed by atoms with van der Waals surface area (Å²) in [6.45, 7) is 11.5. The van der Waals surface area contributed by atoms with Gasteiger partial charge in [-0.05, 0) is 72.2 Å². The average Bonchev–Trinajstić information content (AvgIpc) is 2.95. The van der Waals surface area contributed by atoms with Crippen molar-refractivity contribution in [2.45, 2.75) is 53.4 Å². The molecular formula is C34H48N2O4. The van der Waals surface area contributed by atoms with Crippen LogP contribution in [0.2, 0.25) is 0 Å². The van der Waals surface area contributed by atoms with E-state index in [4.69, 9.17) is 9.47 Å². The molecule has 2 rings (SSSR count). The molecule has 0 aliphatic rings. The molecule has 0 N–H and O–H groups in total. The van der Waals surface area contributed by atoms with Crippen molar-refractivity contribution < 1.29 is 19.1 Å². The van der Waals surface area contributed by atoms with Crippen molar-refractivity contribution >= 4 is 24.0 Å². The smallest absolute Gasteiger partial charge is 0.246 e. The third kappa shape index (κ3) is 12.5. The summed E-state index contributed by atoms with van der Waals surface area (Å²) in [5.41, 5.74) is 1.94. The summed E-state index contributed by atoms with van der Waals surface area (Å²) in [5, 5.41) is 0. The van der Waals surface area contributed by atoms with E-state index in [0.717, 1.165) is 74.5 Å². The summed E-state index contributed by atoms with van der Waals surface area (Å²) in [4.78, 5) is 29.7. The number of benzene rings is 2. The van der Waals surface area contributed by atoms with Gasteiger partial charge in [-0.1, -0.05) is 64.8 Å². The molecule has 2 amide bonds. The molecule has 0 fully saturated rings. The van der Waals surface area contributed by atoms with Crippen LogP contribution in [0.3, 0.4) is 0 Å². The third-order valence-electron chi connectivity index (χ3n) is 6.47. The Kier molecular flexibility index (Phi) is 14.6. The molecule has 2 aromatic carbocycles. The maximum atomic E-state index is 12.9. The second-order valence-corrected chi connectivity index (χ2v) is 11.0. The maximum Gasteiger partial charge on any atom is 0.246 e. The lowest BCUT2D eigenvalue weighted by Crippen LogP contribution is -2.34. The van der Waals surface area contributed by atoms with E-state index in [1.807, 2.05) is 70.5 Å². The Morgan fingerprint density at radius 2 is 0.975 bits per heavy atom. The Morgan fingerprint density at radius 3 is 1.27 bits per heavy atom. The first-order valence-corrected chi connectivity index (χ1v) is 14.4. The van der Waals surface area contributed by atoms with Gasteiger partial charge in [0.2, 0.25) is 11.8 Å². The van der Waals surface area contributed by atoms with Crippen molar-refractivity contribution in [3.63, 3.8) is 0 Å². The van der Waals surface area contributed by atoms with Crippen LogP contribution in [0.5, 0.6) is 11.5 Å². The van der Waals surface area contributed by atoms with Gasteiger partial charge in [0.15, 0.2) is 0 Å². The molecule has 0 saturated heterocycles. The first-order chi connectivity index (χ1) is 19.2. The minimum absolute atomic E-state index is 0.0434. The monoisotopic (exact) mass is 548 g/mol. The molecule has 0 aliphatic heterocycles. The number of unbranched alkanes of at least 4 members (excludes halogenated alkanes) is 3. The number of carbonyl (C=O) groups is 2. The highest BCUT2D eigenvalue weighted by Gasteiger charge is 2.14. The Bertz CT molecular complexity index is 985. The van der Waals surface area contributed by atoms with E-state index < -0.39 is 0 Å². The second-order valence-electron chi connectivity index (χ2n) is 11.0. The van der Waals surface area contributed by atoms with Crippen molar-refractivity contribution in [2.24, 2.45) is 11.8 Å². The zero-order valence-electron chi connectivity index (χ0n) is 25.3. The number of amides is 2. The van der Waals surface area contributed by atoms with Crippen LogP contribution in [-0.4, -0.2) is 62.0 Å². The maximum absolute atomic E-state index is 12.9.